The number of hydrogen-bond donors (Lipinski definition) is 1. The van der Waals surface area contributed by atoms with E-state index in [4.69, 9.17) is 0 Å². The first-order chi connectivity index (χ1) is 21.3. The number of halogens is 33. The lowest BCUT2D eigenvalue weighted by Crippen LogP contribution is -2.80. The van der Waals surface area contributed by atoms with Crippen molar-refractivity contribution in [3.63, 3.8) is 0 Å². The van der Waals surface area contributed by atoms with Gasteiger partial charge in [0.1, 0.15) is 0 Å². The standard InChI is InChI=1S/C17H3F33S/c18-2(19,1-51)3(20,21)4(22,23)5(24,25)6(26,27)7(28,29)8(30,31)9(32,33)10(34,35)11(36,37)12(38,39)13(40,41)14(42,43)15(44,45)16(46,47)17(48,49)50/h51H,1H2. The van der Waals surface area contributed by atoms with Crippen LogP contribution in [0.2, 0.25) is 0 Å². The van der Waals surface area contributed by atoms with Crippen molar-refractivity contribution < 1.29 is 145 Å². The Morgan fingerprint density at radius 3 is 0.431 bits per heavy atom. The van der Waals surface area contributed by atoms with Gasteiger partial charge >= 0.3 is 95.0 Å². The Kier molecular flexibility index (Phi) is 11.3. The van der Waals surface area contributed by atoms with Crippen molar-refractivity contribution >= 4 is 12.6 Å². The second-order valence-electron chi connectivity index (χ2n) is 9.40. The first-order valence-corrected chi connectivity index (χ1v) is 11.3. The Morgan fingerprint density at radius 2 is 0.314 bits per heavy atom. The van der Waals surface area contributed by atoms with Crippen LogP contribution in [0.4, 0.5) is 145 Å². The molecule has 308 valence electrons. The highest BCUT2D eigenvalue weighted by molar-refractivity contribution is 7.80. The lowest BCUT2D eigenvalue weighted by atomic mass is 9.82. The fourth-order valence-corrected chi connectivity index (χ4v) is 3.07. The highest BCUT2D eigenvalue weighted by Crippen LogP contribution is 2.69. The molecular weight excluding hydrogens is 863 g/mol. The van der Waals surface area contributed by atoms with Crippen LogP contribution in [0, 0.1) is 0 Å². The summed E-state index contributed by atoms with van der Waals surface area (Å²) in [7, 11) is 0. The van der Waals surface area contributed by atoms with Crippen LogP contribution in [0.5, 0.6) is 0 Å². The molecule has 0 aromatic rings. The normalized spacial score (nSPS) is 17.3. The molecule has 0 aromatic carbocycles. The van der Waals surface area contributed by atoms with Gasteiger partial charge in [-0.05, 0) is 0 Å². The van der Waals surface area contributed by atoms with E-state index >= 15 is 0 Å². The number of thiol groups is 1. The summed E-state index contributed by atoms with van der Waals surface area (Å²) in [4.78, 5) is 0. The van der Waals surface area contributed by atoms with Crippen molar-refractivity contribution in [2.75, 3.05) is 5.75 Å². The molecule has 0 aromatic heterocycles. The van der Waals surface area contributed by atoms with Crippen LogP contribution in [0.15, 0.2) is 0 Å². The Hall–Kier alpha value is -1.96. The van der Waals surface area contributed by atoms with E-state index in [1.807, 2.05) is 0 Å². The summed E-state index contributed by atoms with van der Waals surface area (Å²) >= 11 is 2.09. The largest absolute Gasteiger partial charge is 0.460 e. The summed E-state index contributed by atoms with van der Waals surface area (Å²) in [6, 6.07) is 0. The monoisotopic (exact) mass is 866 g/mol. The van der Waals surface area contributed by atoms with Crippen LogP contribution in [0.1, 0.15) is 0 Å². The predicted molar refractivity (Wildman–Crippen MR) is 94.1 cm³/mol. The maximum absolute atomic E-state index is 13.8. The highest BCUT2D eigenvalue weighted by atomic mass is 32.1. The Balaban J connectivity index is 7.72. The molecule has 0 nitrogen and oxygen atoms in total. The molecule has 34 heteroatoms. The molecule has 0 bridgehead atoms. The minimum Gasteiger partial charge on any atom is -0.199 e. The maximum Gasteiger partial charge on any atom is 0.460 e. The number of hydrogen-bond acceptors (Lipinski definition) is 1. The Morgan fingerprint density at radius 1 is 0.196 bits per heavy atom. The summed E-state index contributed by atoms with van der Waals surface area (Å²) < 4.78 is 440. The van der Waals surface area contributed by atoms with Crippen LogP contribution in [-0.4, -0.2) is 101 Å². The Labute approximate surface area is 259 Å². The van der Waals surface area contributed by atoms with E-state index in [9.17, 15) is 145 Å². The zero-order valence-electron chi connectivity index (χ0n) is 21.6. The minimum atomic E-state index is -10.2. The van der Waals surface area contributed by atoms with Gasteiger partial charge in [0.15, 0.2) is 0 Å². The molecule has 0 fully saturated rings. The summed E-state index contributed by atoms with van der Waals surface area (Å²) in [5.41, 5.74) is 0. The number of alkyl halides is 33. The maximum atomic E-state index is 13.8. The van der Waals surface area contributed by atoms with Crippen molar-refractivity contribution in [3.8, 4) is 0 Å². The molecule has 0 aliphatic rings. The smallest absolute Gasteiger partial charge is 0.199 e. The van der Waals surface area contributed by atoms with Gasteiger partial charge in [-0.1, -0.05) is 0 Å². The first-order valence-electron chi connectivity index (χ1n) is 10.7. The quantitative estimate of drug-likeness (QED) is 0.123. The van der Waals surface area contributed by atoms with Gasteiger partial charge in [0, 0.05) is 0 Å². The molecule has 0 spiro atoms. The SMILES string of the molecule is FC(F)(F)C(F)(F)C(F)(F)C(F)(F)C(F)(F)C(F)(F)C(F)(F)C(F)(F)C(F)(F)C(F)(F)C(F)(F)C(F)(F)C(F)(F)C(F)(F)C(F)(F)C(F)(F)CS. The van der Waals surface area contributed by atoms with Crippen LogP contribution in [0.3, 0.4) is 0 Å². The van der Waals surface area contributed by atoms with E-state index in [1.165, 1.54) is 0 Å². The van der Waals surface area contributed by atoms with Crippen molar-refractivity contribution in [3.05, 3.63) is 0 Å². The van der Waals surface area contributed by atoms with Crippen LogP contribution >= 0.6 is 12.6 Å². The second kappa shape index (κ2) is 11.8. The van der Waals surface area contributed by atoms with E-state index in [2.05, 4.69) is 12.6 Å². The average molecular weight is 866 g/mol. The van der Waals surface area contributed by atoms with Gasteiger partial charge < -0.3 is 0 Å². The molecule has 0 saturated carbocycles. The molecule has 0 heterocycles. The molecule has 0 N–H and O–H groups in total. The summed E-state index contributed by atoms with van der Waals surface area (Å²) in [5.74, 6) is -145. The Bertz CT molecular complexity index is 1260. The molecule has 0 unspecified atom stereocenters. The lowest BCUT2D eigenvalue weighted by Gasteiger charge is -2.46. The van der Waals surface area contributed by atoms with Gasteiger partial charge in [0.25, 0.3) is 0 Å². The minimum absolute atomic E-state index is 2.09. The molecule has 0 saturated heterocycles. The zero-order chi connectivity index (χ0) is 42.7. The molecule has 0 radical (unpaired) electrons. The molecule has 51 heavy (non-hydrogen) atoms. The van der Waals surface area contributed by atoms with Gasteiger partial charge in [-0.25, -0.2) is 0 Å². The van der Waals surface area contributed by atoms with Gasteiger partial charge in [0.2, 0.25) is 0 Å². The van der Waals surface area contributed by atoms with Crippen LogP contribution in [0.25, 0.3) is 0 Å². The second-order valence-corrected chi connectivity index (χ2v) is 9.72. The zero-order valence-corrected chi connectivity index (χ0v) is 22.5. The summed E-state index contributed by atoms with van der Waals surface area (Å²) in [6.07, 6.45) is -8.38. The molecular formula is C17H3F33S. The fraction of sp³-hybridized carbons (Fsp3) is 1.00. The third-order valence-electron chi connectivity index (χ3n) is 6.14. The van der Waals surface area contributed by atoms with E-state index in [-0.39, 0.29) is 0 Å². The highest BCUT2D eigenvalue weighted by Gasteiger charge is 3.01. The molecule has 0 aliphatic heterocycles. The van der Waals surface area contributed by atoms with Gasteiger partial charge in [-0.2, -0.15) is 158 Å². The molecule has 0 aliphatic carbocycles. The van der Waals surface area contributed by atoms with Crippen molar-refractivity contribution in [2.24, 2.45) is 0 Å². The van der Waals surface area contributed by atoms with Gasteiger partial charge in [-0.3, -0.25) is 0 Å². The summed E-state index contributed by atoms with van der Waals surface area (Å²) in [6.45, 7) is 0. The third kappa shape index (κ3) is 5.50. The van der Waals surface area contributed by atoms with Crippen molar-refractivity contribution in [1.29, 1.82) is 0 Å². The van der Waals surface area contributed by atoms with Gasteiger partial charge in [0.05, 0.1) is 5.75 Å². The molecule has 0 atom stereocenters. The lowest BCUT2D eigenvalue weighted by molar-refractivity contribution is -0.490. The van der Waals surface area contributed by atoms with Crippen LogP contribution < -0.4 is 0 Å². The first kappa shape index (κ1) is 49.0. The molecule has 0 amide bonds. The summed E-state index contributed by atoms with van der Waals surface area (Å²) in [5, 5.41) is 0. The fourth-order valence-electron chi connectivity index (χ4n) is 2.87. The topological polar surface area (TPSA) is 0 Å². The van der Waals surface area contributed by atoms with E-state index in [1.54, 1.807) is 0 Å². The van der Waals surface area contributed by atoms with Crippen molar-refractivity contribution in [2.45, 2.75) is 95.0 Å². The van der Waals surface area contributed by atoms with E-state index < -0.39 is 101 Å². The third-order valence-corrected chi connectivity index (χ3v) is 6.54. The number of rotatable bonds is 15. The average Bonchev–Trinajstić information content (AvgIpc) is 2.90. The predicted octanol–water partition coefficient (Wildman–Crippen LogP) is 11.0. The van der Waals surface area contributed by atoms with Crippen molar-refractivity contribution in [1.82, 2.24) is 0 Å². The molecule has 0 rings (SSSR count). The van der Waals surface area contributed by atoms with Crippen LogP contribution in [-0.2, 0) is 0 Å². The van der Waals surface area contributed by atoms with E-state index in [0.717, 1.165) is 0 Å². The van der Waals surface area contributed by atoms with Gasteiger partial charge in [-0.15, -0.1) is 0 Å². The van der Waals surface area contributed by atoms with E-state index in [0.29, 0.717) is 0 Å².